The second-order valence-corrected chi connectivity index (χ2v) is 5.38. The van der Waals surface area contributed by atoms with Crippen molar-refractivity contribution < 1.29 is 14.6 Å². The van der Waals surface area contributed by atoms with Crippen LogP contribution in [0.4, 0.5) is 0 Å². The summed E-state index contributed by atoms with van der Waals surface area (Å²) in [5.41, 5.74) is 6.32. The summed E-state index contributed by atoms with van der Waals surface area (Å²) in [6, 6.07) is 4.64. The Hall–Kier alpha value is -1.10. The van der Waals surface area contributed by atoms with E-state index in [4.69, 9.17) is 22.1 Å². The Balaban J connectivity index is 2.94. The quantitative estimate of drug-likeness (QED) is 0.816. The SMILES string of the molecule is CCOC(=O)C[C@@H](N)c1cc(Cl)cc(C(C)(C)O)c1. The number of esters is 1. The first-order valence-electron chi connectivity index (χ1n) is 6.18. The predicted octanol–water partition coefficient (Wildman–Crippen LogP) is 2.52. The molecule has 1 rings (SSSR count). The van der Waals surface area contributed by atoms with Gasteiger partial charge < -0.3 is 15.6 Å². The molecule has 1 aromatic rings. The lowest BCUT2D eigenvalue weighted by atomic mass is 9.94. The lowest BCUT2D eigenvalue weighted by molar-refractivity contribution is -0.143. The fraction of sp³-hybridized carbons (Fsp3) is 0.500. The number of carbonyl (C=O) groups excluding carboxylic acids is 1. The lowest BCUT2D eigenvalue weighted by Crippen LogP contribution is -2.20. The van der Waals surface area contributed by atoms with Crippen molar-refractivity contribution in [2.24, 2.45) is 5.73 Å². The summed E-state index contributed by atoms with van der Waals surface area (Å²) in [7, 11) is 0. The van der Waals surface area contributed by atoms with E-state index in [-0.39, 0.29) is 12.4 Å². The highest BCUT2D eigenvalue weighted by molar-refractivity contribution is 6.30. The molecule has 0 spiro atoms. The van der Waals surface area contributed by atoms with E-state index < -0.39 is 11.6 Å². The van der Waals surface area contributed by atoms with Crippen LogP contribution < -0.4 is 5.73 Å². The van der Waals surface area contributed by atoms with E-state index in [1.54, 1.807) is 39.0 Å². The van der Waals surface area contributed by atoms with Gasteiger partial charge in [-0.05, 0) is 44.0 Å². The molecule has 0 fully saturated rings. The molecule has 0 radical (unpaired) electrons. The second kappa shape index (κ2) is 6.37. The Morgan fingerprint density at radius 2 is 2.11 bits per heavy atom. The summed E-state index contributed by atoms with van der Waals surface area (Å²) in [6.45, 7) is 5.41. The number of aliphatic hydroxyl groups is 1. The minimum atomic E-state index is -1.01. The summed E-state index contributed by atoms with van der Waals surface area (Å²) in [6.07, 6.45) is 0.0828. The fourth-order valence-electron chi connectivity index (χ4n) is 1.70. The molecule has 0 heterocycles. The average Bonchev–Trinajstić information content (AvgIpc) is 2.27. The van der Waals surface area contributed by atoms with Crippen LogP contribution in [0.1, 0.15) is 44.4 Å². The average molecular weight is 286 g/mol. The molecule has 0 saturated carbocycles. The highest BCUT2D eigenvalue weighted by Gasteiger charge is 2.20. The van der Waals surface area contributed by atoms with Crippen LogP contribution in [0.2, 0.25) is 5.02 Å². The van der Waals surface area contributed by atoms with Crippen molar-refractivity contribution in [2.45, 2.75) is 38.8 Å². The molecule has 1 aromatic carbocycles. The van der Waals surface area contributed by atoms with E-state index in [2.05, 4.69) is 0 Å². The molecule has 0 amide bonds. The third-order valence-electron chi connectivity index (χ3n) is 2.75. The van der Waals surface area contributed by atoms with Gasteiger partial charge in [-0.1, -0.05) is 17.7 Å². The van der Waals surface area contributed by atoms with E-state index >= 15 is 0 Å². The van der Waals surface area contributed by atoms with Crippen molar-refractivity contribution in [1.82, 2.24) is 0 Å². The maximum atomic E-state index is 11.4. The molecule has 5 heteroatoms. The standard InChI is InChI=1S/C14H20ClNO3/c1-4-19-13(17)8-12(16)9-5-10(14(2,3)18)7-11(15)6-9/h5-7,12,18H,4,8,16H2,1-3H3/t12-/m1/s1. The molecule has 0 aromatic heterocycles. The Morgan fingerprint density at radius 3 is 2.63 bits per heavy atom. The zero-order valence-corrected chi connectivity index (χ0v) is 12.2. The van der Waals surface area contributed by atoms with E-state index in [1.807, 2.05) is 0 Å². The van der Waals surface area contributed by atoms with Crippen LogP contribution in [0, 0.1) is 0 Å². The first-order chi connectivity index (χ1) is 8.74. The van der Waals surface area contributed by atoms with Gasteiger partial charge in [0.25, 0.3) is 0 Å². The highest BCUT2D eigenvalue weighted by atomic mass is 35.5. The third kappa shape index (κ3) is 4.82. The van der Waals surface area contributed by atoms with Gasteiger partial charge in [-0.3, -0.25) is 4.79 Å². The van der Waals surface area contributed by atoms with Crippen LogP contribution in [-0.4, -0.2) is 17.7 Å². The molecule has 0 saturated heterocycles. The third-order valence-corrected chi connectivity index (χ3v) is 2.96. The first kappa shape index (κ1) is 16.0. The molecule has 106 valence electrons. The van der Waals surface area contributed by atoms with Gasteiger partial charge in [-0.25, -0.2) is 0 Å². The maximum Gasteiger partial charge on any atom is 0.307 e. The van der Waals surface area contributed by atoms with Gasteiger partial charge in [0.2, 0.25) is 0 Å². The summed E-state index contributed by atoms with van der Waals surface area (Å²) >= 11 is 6.01. The number of rotatable bonds is 5. The first-order valence-corrected chi connectivity index (χ1v) is 6.56. The Bertz CT molecular complexity index is 454. The monoisotopic (exact) mass is 285 g/mol. The van der Waals surface area contributed by atoms with Crippen LogP contribution in [0.3, 0.4) is 0 Å². The van der Waals surface area contributed by atoms with Crippen molar-refractivity contribution >= 4 is 17.6 Å². The maximum absolute atomic E-state index is 11.4. The van der Waals surface area contributed by atoms with Gasteiger partial charge in [0.15, 0.2) is 0 Å². The van der Waals surface area contributed by atoms with Gasteiger partial charge in [0, 0.05) is 11.1 Å². The number of benzene rings is 1. The van der Waals surface area contributed by atoms with Crippen LogP contribution in [0.25, 0.3) is 0 Å². The Labute approximate surface area is 118 Å². The largest absolute Gasteiger partial charge is 0.466 e. The van der Waals surface area contributed by atoms with Crippen LogP contribution in [-0.2, 0) is 15.1 Å². The molecular weight excluding hydrogens is 266 g/mol. The predicted molar refractivity (Wildman–Crippen MR) is 74.9 cm³/mol. The molecule has 0 aliphatic heterocycles. The van der Waals surface area contributed by atoms with E-state index in [1.165, 1.54) is 0 Å². The lowest BCUT2D eigenvalue weighted by Gasteiger charge is -2.21. The summed E-state index contributed by atoms with van der Waals surface area (Å²) in [5, 5.41) is 10.5. The fourth-order valence-corrected chi connectivity index (χ4v) is 1.94. The molecular formula is C14H20ClNO3. The molecule has 0 unspecified atom stereocenters. The number of carbonyl (C=O) groups is 1. The second-order valence-electron chi connectivity index (χ2n) is 4.95. The molecule has 0 aliphatic rings. The summed E-state index contributed by atoms with van der Waals surface area (Å²) in [4.78, 5) is 11.4. The number of hydrogen-bond acceptors (Lipinski definition) is 4. The number of ether oxygens (including phenoxy) is 1. The van der Waals surface area contributed by atoms with Gasteiger partial charge >= 0.3 is 5.97 Å². The molecule has 0 aliphatic carbocycles. The molecule has 1 atom stereocenters. The zero-order chi connectivity index (χ0) is 14.6. The topological polar surface area (TPSA) is 72.5 Å². The summed E-state index contributed by atoms with van der Waals surface area (Å²) in [5.74, 6) is -0.347. The van der Waals surface area contributed by atoms with E-state index in [9.17, 15) is 9.90 Å². The van der Waals surface area contributed by atoms with Crippen molar-refractivity contribution in [3.8, 4) is 0 Å². The van der Waals surface area contributed by atoms with Gasteiger partial charge in [0.05, 0.1) is 18.6 Å². The van der Waals surface area contributed by atoms with Gasteiger partial charge in [-0.15, -0.1) is 0 Å². The number of hydrogen-bond donors (Lipinski definition) is 2. The van der Waals surface area contributed by atoms with Gasteiger partial charge in [0.1, 0.15) is 0 Å². The summed E-state index contributed by atoms with van der Waals surface area (Å²) < 4.78 is 4.86. The smallest absolute Gasteiger partial charge is 0.307 e. The van der Waals surface area contributed by atoms with E-state index in [0.717, 1.165) is 0 Å². The minimum absolute atomic E-state index is 0.0828. The van der Waals surface area contributed by atoms with Crippen molar-refractivity contribution in [3.63, 3.8) is 0 Å². The number of halogens is 1. The van der Waals surface area contributed by atoms with Gasteiger partial charge in [-0.2, -0.15) is 0 Å². The molecule has 19 heavy (non-hydrogen) atoms. The molecule has 0 bridgehead atoms. The molecule has 3 N–H and O–H groups in total. The number of nitrogens with two attached hydrogens (primary N) is 1. The normalized spacial score (nSPS) is 13.2. The van der Waals surface area contributed by atoms with Crippen LogP contribution >= 0.6 is 11.6 Å². The van der Waals surface area contributed by atoms with Crippen molar-refractivity contribution in [2.75, 3.05) is 6.61 Å². The Morgan fingerprint density at radius 1 is 1.47 bits per heavy atom. The van der Waals surface area contributed by atoms with Crippen LogP contribution in [0.5, 0.6) is 0 Å². The van der Waals surface area contributed by atoms with Crippen molar-refractivity contribution in [3.05, 3.63) is 34.3 Å². The minimum Gasteiger partial charge on any atom is -0.466 e. The highest BCUT2D eigenvalue weighted by Crippen LogP contribution is 2.27. The van der Waals surface area contributed by atoms with Crippen LogP contribution in [0.15, 0.2) is 18.2 Å². The van der Waals surface area contributed by atoms with E-state index in [0.29, 0.717) is 22.8 Å². The molecule has 4 nitrogen and oxygen atoms in total. The van der Waals surface area contributed by atoms with Crippen molar-refractivity contribution in [1.29, 1.82) is 0 Å². The zero-order valence-electron chi connectivity index (χ0n) is 11.4. The Kier molecular flexibility index (Phi) is 5.35.